The first-order chi connectivity index (χ1) is 10.2. The van der Waals surface area contributed by atoms with Crippen molar-refractivity contribution >= 4 is 5.91 Å². The van der Waals surface area contributed by atoms with Crippen LogP contribution in [0.15, 0.2) is 12.4 Å². The van der Waals surface area contributed by atoms with Crippen molar-refractivity contribution in [2.24, 2.45) is 13.0 Å². The molecule has 1 aliphatic rings. The van der Waals surface area contributed by atoms with Gasteiger partial charge < -0.3 is 19.5 Å². The van der Waals surface area contributed by atoms with E-state index in [-0.39, 0.29) is 11.8 Å². The van der Waals surface area contributed by atoms with E-state index in [0.29, 0.717) is 6.54 Å². The summed E-state index contributed by atoms with van der Waals surface area (Å²) in [7, 11) is 3.69. The van der Waals surface area contributed by atoms with Gasteiger partial charge in [-0.2, -0.15) is 0 Å². The summed E-state index contributed by atoms with van der Waals surface area (Å²) in [5.74, 6) is 1.28. The minimum absolute atomic E-state index is 0.108. The van der Waals surface area contributed by atoms with Crippen molar-refractivity contribution in [1.29, 1.82) is 0 Å². The highest BCUT2D eigenvalue weighted by Crippen LogP contribution is 2.16. The molecule has 6 nitrogen and oxygen atoms in total. The first-order valence-electron chi connectivity index (χ1n) is 7.66. The van der Waals surface area contributed by atoms with Gasteiger partial charge in [0.05, 0.1) is 12.5 Å². The Hall–Kier alpha value is -1.40. The summed E-state index contributed by atoms with van der Waals surface area (Å²) >= 11 is 0. The second kappa shape index (κ2) is 8.14. The van der Waals surface area contributed by atoms with E-state index >= 15 is 0 Å². The maximum Gasteiger partial charge on any atom is 0.224 e. The van der Waals surface area contributed by atoms with Crippen molar-refractivity contribution in [3.63, 3.8) is 0 Å². The topological polar surface area (TPSA) is 59.4 Å². The van der Waals surface area contributed by atoms with Gasteiger partial charge >= 0.3 is 0 Å². The number of imidazole rings is 1. The van der Waals surface area contributed by atoms with Crippen molar-refractivity contribution in [3.05, 3.63) is 18.2 Å². The van der Waals surface area contributed by atoms with Crippen LogP contribution in [0.3, 0.4) is 0 Å². The molecule has 1 aliphatic heterocycles. The number of nitrogens with zero attached hydrogens (tertiary/aromatic N) is 3. The SMILES string of the molecule is COCCN1CCCC(C(=O)NCCc2nccn2C)C1. The molecule has 0 aliphatic carbocycles. The molecule has 1 aromatic rings. The van der Waals surface area contributed by atoms with E-state index in [1.807, 2.05) is 17.8 Å². The quantitative estimate of drug-likeness (QED) is 0.792. The molecule has 6 heteroatoms. The number of carbonyl (C=O) groups excluding carboxylic acids is 1. The Bertz CT molecular complexity index is 447. The monoisotopic (exact) mass is 294 g/mol. The number of aromatic nitrogens is 2. The number of carbonyl (C=O) groups is 1. The van der Waals surface area contributed by atoms with E-state index in [0.717, 1.165) is 51.3 Å². The van der Waals surface area contributed by atoms with Gasteiger partial charge in [0.25, 0.3) is 0 Å². The summed E-state index contributed by atoms with van der Waals surface area (Å²) in [6, 6.07) is 0. The van der Waals surface area contributed by atoms with Gasteiger partial charge in [0.15, 0.2) is 0 Å². The Morgan fingerprint density at radius 2 is 2.43 bits per heavy atom. The number of likely N-dealkylation sites (tertiary alicyclic amines) is 1. The summed E-state index contributed by atoms with van der Waals surface area (Å²) in [4.78, 5) is 18.8. The molecule has 0 saturated carbocycles. The lowest BCUT2D eigenvalue weighted by Crippen LogP contribution is -2.44. The van der Waals surface area contributed by atoms with Crippen molar-refractivity contribution in [3.8, 4) is 0 Å². The predicted octanol–water partition coefficient (Wildman–Crippen LogP) is 0.437. The summed E-state index contributed by atoms with van der Waals surface area (Å²) in [6.07, 6.45) is 6.55. The second-order valence-electron chi connectivity index (χ2n) is 5.63. The largest absolute Gasteiger partial charge is 0.383 e. The smallest absolute Gasteiger partial charge is 0.224 e. The number of piperidine rings is 1. The van der Waals surface area contributed by atoms with Crippen LogP contribution < -0.4 is 5.32 Å². The highest BCUT2D eigenvalue weighted by atomic mass is 16.5. The van der Waals surface area contributed by atoms with Crippen molar-refractivity contribution in [1.82, 2.24) is 19.8 Å². The van der Waals surface area contributed by atoms with Crippen LogP contribution in [-0.2, 0) is 23.0 Å². The molecule has 1 atom stereocenters. The van der Waals surface area contributed by atoms with Crippen LogP contribution in [0.5, 0.6) is 0 Å². The van der Waals surface area contributed by atoms with E-state index in [9.17, 15) is 4.79 Å². The number of rotatable bonds is 7. The number of amides is 1. The Kier molecular flexibility index (Phi) is 6.20. The van der Waals surface area contributed by atoms with Crippen molar-refractivity contribution in [2.45, 2.75) is 19.3 Å². The molecule has 21 heavy (non-hydrogen) atoms. The minimum Gasteiger partial charge on any atom is -0.383 e. The van der Waals surface area contributed by atoms with E-state index < -0.39 is 0 Å². The Balaban J connectivity index is 1.71. The third kappa shape index (κ3) is 4.82. The molecule has 1 saturated heterocycles. The van der Waals surface area contributed by atoms with Gasteiger partial charge in [0, 0.05) is 52.6 Å². The first kappa shape index (κ1) is 16.0. The lowest BCUT2D eigenvalue weighted by molar-refractivity contribution is -0.126. The molecule has 1 unspecified atom stereocenters. The fraction of sp³-hybridized carbons (Fsp3) is 0.733. The maximum atomic E-state index is 12.2. The average Bonchev–Trinajstić information content (AvgIpc) is 2.91. The van der Waals surface area contributed by atoms with Crippen molar-refractivity contribution < 1.29 is 9.53 Å². The highest BCUT2D eigenvalue weighted by molar-refractivity contribution is 5.78. The standard InChI is InChI=1S/C15H26N4O2/c1-18-9-7-16-14(18)5-6-17-15(20)13-4-3-8-19(12-13)10-11-21-2/h7,9,13H,3-6,8,10-12H2,1-2H3,(H,17,20). The van der Waals surface area contributed by atoms with E-state index in [2.05, 4.69) is 15.2 Å². The molecule has 1 N–H and O–H groups in total. The third-order valence-electron chi connectivity index (χ3n) is 4.06. The maximum absolute atomic E-state index is 12.2. The molecule has 1 amide bonds. The summed E-state index contributed by atoms with van der Waals surface area (Å²) in [6.45, 7) is 4.21. The molecule has 118 valence electrons. The first-order valence-corrected chi connectivity index (χ1v) is 7.66. The fourth-order valence-electron chi connectivity index (χ4n) is 2.77. The number of aryl methyl sites for hydroxylation is 1. The zero-order chi connectivity index (χ0) is 15.1. The highest BCUT2D eigenvalue weighted by Gasteiger charge is 2.25. The molecule has 0 bridgehead atoms. The van der Waals surface area contributed by atoms with Gasteiger partial charge in [-0.1, -0.05) is 0 Å². The van der Waals surface area contributed by atoms with E-state index in [4.69, 9.17) is 4.74 Å². The molecule has 0 aromatic carbocycles. The van der Waals surface area contributed by atoms with Crippen LogP contribution in [-0.4, -0.2) is 60.3 Å². The summed E-state index contributed by atoms with van der Waals surface area (Å²) in [5.41, 5.74) is 0. The Morgan fingerprint density at radius 3 is 3.14 bits per heavy atom. The van der Waals surface area contributed by atoms with E-state index in [1.165, 1.54) is 0 Å². The summed E-state index contributed by atoms with van der Waals surface area (Å²) < 4.78 is 7.09. The van der Waals surface area contributed by atoms with Crippen LogP contribution in [0.1, 0.15) is 18.7 Å². The molecule has 0 radical (unpaired) electrons. The summed E-state index contributed by atoms with van der Waals surface area (Å²) in [5, 5.41) is 3.04. The zero-order valence-corrected chi connectivity index (χ0v) is 13.0. The van der Waals surface area contributed by atoms with Gasteiger partial charge in [0.2, 0.25) is 5.91 Å². The number of ether oxygens (including phenoxy) is 1. The van der Waals surface area contributed by atoms with Gasteiger partial charge in [-0.3, -0.25) is 4.79 Å². The molecule has 0 spiro atoms. The average molecular weight is 294 g/mol. The predicted molar refractivity (Wildman–Crippen MR) is 81.0 cm³/mol. The number of methoxy groups -OCH3 is 1. The van der Waals surface area contributed by atoms with Crippen LogP contribution in [0, 0.1) is 5.92 Å². The van der Waals surface area contributed by atoms with Crippen molar-refractivity contribution in [2.75, 3.05) is 39.9 Å². The number of hydrogen-bond donors (Lipinski definition) is 1. The number of nitrogens with one attached hydrogen (secondary N) is 1. The van der Waals surface area contributed by atoms with Crippen LogP contribution in [0.2, 0.25) is 0 Å². The van der Waals surface area contributed by atoms with E-state index in [1.54, 1.807) is 13.3 Å². The zero-order valence-electron chi connectivity index (χ0n) is 13.0. The molecule has 1 aromatic heterocycles. The molecular formula is C15H26N4O2. The molecule has 1 fully saturated rings. The Morgan fingerprint density at radius 1 is 1.57 bits per heavy atom. The van der Waals surface area contributed by atoms with Gasteiger partial charge in [0.1, 0.15) is 5.82 Å². The molecule has 2 heterocycles. The Labute approximate surface area is 126 Å². The second-order valence-corrected chi connectivity index (χ2v) is 5.63. The fourth-order valence-corrected chi connectivity index (χ4v) is 2.77. The third-order valence-corrected chi connectivity index (χ3v) is 4.06. The lowest BCUT2D eigenvalue weighted by Gasteiger charge is -2.31. The normalized spacial score (nSPS) is 19.6. The van der Waals surface area contributed by atoms with Crippen LogP contribution in [0.4, 0.5) is 0 Å². The number of hydrogen-bond acceptors (Lipinski definition) is 4. The van der Waals surface area contributed by atoms with Crippen LogP contribution in [0.25, 0.3) is 0 Å². The minimum atomic E-state index is 0.108. The van der Waals surface area contributed by atoms with Gasteiger partial charge in [-0.05, 0) is 19.4 Å². The van der Waals surface area contributed by atoms with Gasteiger partial charge in [-0.25, -0.2) is 4.98 Å². The van der Waals surface area contributed by atoms with Gasteiger partial charge in [-0.15, -0.1) is 0 Å². The lowest BCUT2D eigenvalue weighted by atomic mass is 9.97. The molecular weight excluding hydrogens is 268 g/mol. The van der Waals surface area contributed by atoms with Crippen LogP contribution >= 0.6 is 0 Å². The molecule has 2 rings (SSSR count).